The summed E-state index contributed by atoms with van der Waals surface area (Å²) in [5.74, 6) is 0.287. The topological polar surface area (TPSA) is 88.1 Å². The Hall–Kier alpha value is -2.44. The molecule has 0 aromatic heterocycles. The largest absolute Gasteiger partial charge is 0.480 e. The van der Waals surface area contributed by atoms with Gasteiger partial charge in [0, 0.05) is 12.6 Å². The fourth-order valence-corrected chi connectivity index (χ4v) is 1.96. The first-order valence-electron chi connectivity index (χ1n) is 6.62. The number of nitrogens with one attached hydrogen (secondary N) is 1. The van der Waals surface area contributed by atoms with E-state index < -0.39 is 12.0 Å². The van der Waals surface area contributed by atoms with Gasteiger partial charge < -0.3 is 24.8 Å². The Balaban J connectivity index is 1.95. The van der Waals surface area contributed by atoms with E-state index in [9.17, 15) is 9.59 Å². The minimum Gasteiger partial charge on any atom is -0.480 e. The maximum absolute atomic E-state index is 12.0. The lowest BCUT2D eigenvalue weighted by molar-refractivity contribution is -0.138. The number of carbonyl (C=O) groups is 2. The van der Waals surface area contributed by atoms with E-state index in [1.807, 2.05) is 6.07 Å². The summed E-state index contributed by atoms with van der Waals surface area (Å²) in [5, 5.41) is 11.5. The van der Waals surface area contributed by atoms with Crippen molar-refractivity contribution in [3.8, 4) is 11.5 Å². The summed E-state index contributed by atoms with van der Waals surface area (Å²) in [6.07, 6.45) is 0. The Morgan fingerprint density at radius 3 is 2.71 bits per heavy atom. The van der Waals surface area contributed by atoms with Crippen molar-refractivity contribution in [1.29, 1.82) is 0 Å². The molecule has 0 bridgehead atoms. The van der Waals surface area contributed by atoms with E-state index in [-0.39, 0.29) is 25.9 Å². The van der Waals surface area contributed by atoms with Gasteiger partial charge in [-0.25, -0.2) is 4.79 Å². The zero-order valence-corrected chi connectivity index (χ0v) is 12.0. The van der Waals surface area contributed by atoms with E-state index in [2.05, 4.69) is 5.32 Å². The molecule has 0 saturated heterocycles. The number of fused-ring (bicyclic) bond motifs is 1. The van der Waals surface area contributed by atoms with Gasteiger partial charge in [0.15, 0.2) is 11.5 Å². The molecule has 0 fully saturated rings. The van der Waals surface area contributed by atoms with Crippen LogP contribution in [0.1, 0.15) is 19.4 Å². The Morgan fingerprint density at radius 1 is 1.33 bits per heavy atom. The van der Waals surface area contributed by atoms with Gasteiger partial charge in [0.2, 0.25) is 6.79 Å². The second-order valence-electron chi connectivity index (χ2n) is 4.96. The van der Waals surface area contributed by atoms with Gasteiger partial charge >= 0.3 is 12.0 Å². The number of benzene rings is 1. The van der Waals surface area contributed by atoms with Crippen LogP contribution in [-0.2, 0) is 11.3 Å². The second-order valence-corrected chi connectivity index (χ2v) is 4.96. The quantitative estimate of drug-likeness (QED) is 0.857. The number of ether oxygens (including phenoxy) is 2. The Labute approximate surface area is 122 Å². The third-order valence-corrected chi connectivity index (χ3v) is 3.07. The lowest BCUT2D eigenvalue weighted by Crippen LogP contribution is -2.46. The highest BCUT2D eigenvalue weighted by molar-refractivity contribution is 5.80. The summed E-state index contributed by atoms with van der Waals surface area (Å²) in [7, 11) is 0. The molecule has 0 atom stereocenters. The van der Waals surface area contributed by atoms with Crippen LogP contribution >= 0.6 is 0 Å². The number of carboxylic acids is 1. The van der Waals surface area contributed by atoms with Gasteiger partial charge in [-0.05, 0) is 31.5 Å². The third kappa shape index (κ3) is 3.77. The fraction of sp³-hybridized carbons (Fsp3) is 0.429. The van der Waals surface area contributed by atoms with Crippen LogP contribution in [0.4, 0.5) is 4.79 Å². The summed E-state index contributed by atoms with van der Waals surface area (Å²) in [6.45, 7) is 3.69. The molecule has 0 aliphatic carbocycles. The van der Waals surface area contributed by atoms with E-state index >= 15 is 0 Å². The zero-order valence-electron chi connectivity index (χ0n) is 12.0. The predicted molar refractivity (Wildman–Crippen MR) is 74.3 cm³/mol. The molecule has 2 amide bonds. The maximum atomic E-state index is 12.0. The van der Waals surface area contributed by atoms with Gasteiger partial charge in [0.1, 0.15) is 6.54 Å². The predicted octanol–water partition coefficient (Wildman–Crippen LogP) is 1.42. The summed E-state index contributed by atoms with van der Waals surface area (Å²) < 4.78 is 10.5. The molecule has 2 N–H and O–H groups in total. The highest BCUT2D eigenvalue weighted by atomic mass is 16.7. The SMILES string of the molecule is CC(C)N(CC(=O)O)C(=O)NCc1ccc2c(c1)OCO2. The first-order valence-corrected chi connectivity index (χ1v) is 6.62. The van der Waals surface area contributed by atoms with Gasteiger partial charge in [0.25, 0.3) is 0 Å². The number of urea groups is 1. The second kappa shape index (κ2) is 6.34. The van der Waals surface area contributed by atoms with Crippen molar-refractivity contribution in [3.63, 3.8) is 0 Å². The summed E-state index contributed by atoms with van der Waals surface area (Å²) in [4.78, 5) is 24.1. The number of hydrogen-bond acceptors (Lipinski definition) is 4. The minimum absolute atomic E-state index is 0.196. The van der Waals surface area contributed by atoms with Crippen LogP contribution in [0.2, 0.25) is 0 Å². The van der Waals surface area contributed by atoms with Gasteiger partial charge in [0.05, 0.1) is 0 Å². The minimum atomic E-state index is -1.04. The summed E-state index contributed by atoms with van der Waals surface area (Å²) in [6, 6.07) is 4.79. The van der Waals surface area contributed by atoms with Gasteiger partial charge in [-0.1, -0.05) is 6.07 Å². The Kier molecular flexibility index (Phi) is 4.52. The molecule has 1 aromatic rings. The molecule has 1 aliphatic rings. The normalized spacial score (nSPS) is 12.3. The summed E-state index contributed by atoms with van der Waals surface area (Å²) in [5.41, 5.74) is 0.853. The van der Waals surface area contributed by atoms with Crippen molar-refractivity contribution in [2.24, 2.45) is 0 Å². The van der Waals surface area contributed by atoms with E-state index in [0.717, 1.165) is 5.56 Å². The van der Waals surface area contributed by atoms with E-state index in [1.54, 1.807) is 26.0 Å². The molecule has 21 heavy (non-hydrogen) atoms. The Morgan fingerprint density at radius 2 is 2.05 bits per heavy atom. The molecule has 0 unspecified atom stereocenters. The highest BCUT2D eigenvalue weighted by Crippen LogP contribution is 2.32. The van der Waals surface area contributed by atoms with Crippen molar-refractivity contribution < 1.29 is 24.2 Å². The molecule has 1 aromatic carbocycles. The van der Waals surface area contributed by atoms with Crippen LogP contribution in [-0.4, -0.2) is 41.4 Å². The van der Waals surface area contributed by atoms with Crippen LogP contribution < -0.4 is 14.8 Å². The maximum Gasteiger partial charge on any atom is 0.323 e. The van der Waals surface area contributed by atoms with Crippen LogP contribution in [0.25, 0.3) is 0 Å². The zero-order chi connectivity index (χ0) is 15.4. The molecule has 0 spiro atoms. The van der Waals surface area contributed by atoms with Crippen molar-refractivity contribution in [3.05, 3.63) is 23.8 Å². The summed E-state index contributed by atoms with van der Waals surface area (Å²) >= 11 is 0. The monoisotopic (exact) mass is 294 g/mol. The number of nitrogens with zero attached hydrogens (tertiary/aromatic N) is 1. The van der Waals surface area contributed by atoms with Gasteiger partial charge in [-0.15, -0.1) is 0 Å². The molecule has 7 nitrogen and oxygen atoms in total. The average Bonchev–Trinajstić information content (AvgIpc) is 2.89. The number of aliphatic carboxylic acids is 1. The molecule has 7 heteroatoms. The first-order chi connectivity index (χ1) is 9.97. The van der Waals surface area contributed by atoms with Crippen molar-refractivity contribution in [2.45, 2.75) is 26.4 Å². The lowest BCUT2D eigenvalue weighted by atomic mass is 10.2. The first kappa shape index (κ1) is 15.0. The third-order valence-electron chi connectivity index (χ3n) is 3.07. The fourth-order valence-electron chi connectivity index (χ4n) is 1.96. The van der Waals surface area contributed by atoms with E-state index in [4.69, 9.17) is 14.6 Å². The molecule has 114 valence electrons. The standard InChI is InChI=1S/C14H18N2O5/c1-9(2)16(7-13(17)18)14(19)15-6-10-3-4-11-12(5-10)21-8-20-11/h3-5,9H,6-8H2,1-2H3,(H,15,19)(H,17,18). The van der Waals surface area contributed by atoms with Crippen LogP contribution in [0, 0.1) is 0 Å². The molecule has 1 aliphatic heterocycles. The number of carboxylic acid groups (broad SMARTS) is 1. The van der Waals surface area contributed by atoms with Gasteiger partial charge in [-0.3, -0.25) is 4.79 Å². The van der Waals surface area contributed by atoms with E-state index in [1.165, 1.54) is 4.90 Å². The smallest absolute Gasteiger partial charge is 0.323 e. The molecule has 1 heterocycles. The number of rotatable bonds is 5. The van der Waals surface area contributed by atoms with Gasteiger partial charge in [-0.2, -0.15) is 0 Å². The number of carbonyl (C=O) groups excluding carboxylic acids is 1. The molecule has 0 radical (unpaired) electrons. The van der Waals surface area contributed by atoms with Crippen LogP contribution in [0.3, 0.4) is 0 Å². The van der Waals surface area contributed by atoms with Crippen LogP contribution in [0.5, 0.6) is 11.5 Å². The molecular formula is C14H18N2O5. The van der Waals surface area contributed by atoms with Crippen molar-refractivity contribution in [1.82, 2.24) is 10.2 Å². The van der Waals surface area contributed by atoms with E-state index in [0.29, 0.717) is 11.5 Å². The van der Waals surface area contributed by atoms with Crippen LogP contribution in [0.15, 0.2) is 18.2 Å². The van der Waals surface area contributed by atoms with Crippen molar-refractivity contribution >= 4 is 12.0 Å². The highest BCUT2D eigenvalue weighted by Gasteiger charge is 2.20. The Bertz CT molecular complexity index is 544. The average molecular weight is 294 g/mol. The molecule has 2 rings (SSSR count). The van der Waals surface area contributed by atoms with Crippen molar-refractivity contribution in [2.75, 3.05) is 13.3 Å². The molecular weight excluding hydrogens is 276 g/mol. The number of hydrogen-bond donors (Lipinski definition) is 2. The lowest BCUT2D eigenvalue weighted by Gasteiger charge is -2.25. The molecule has 0 saturated carbocycles. The number of amides is 2.